The first kappa shape index (κ1) is 20.6. The van der Waals surface area contributed by atoms with E-state index in [2.05, 4.69) is 20.6 Å². The van der Waals surface area contributed by atoms with Crippen LogP contribution in [0.4, 0.5) is 11.4 Å². The number of aryl methyl sites for hydroxylation is 2. The molecule has 0 unspecified atom stereocenters. The van der Waals surface area contributed by atoms with E-state index in [1.807, 2.05) is 38.1 Å². The Balaban J connectivity index is 1.33. The minimum atomic E-state index is -0.359. The Morgan fingerprint density at radius 1 is 0.879 bits per heavy atom. The summed E-state index contributed by atoms with van der Waals surface area (Å²) in [5.41, 5.74) is 5.04. The van der Waals surface area contributed by atoms with E-state index in [-0.39, 0.29) is 17.6 Å². The van der Waals surface area contributed by atoms with Crippen LogP contribution in [0.2, 0.25) is 0 Å². The lowest BCUT2D eigenvalue weighted by Gasteiger charge is -2.18. The van der Waals surface area contributed by atoms with E-state index in [9.17, 15) is 9.59 Å². The van der Waals surface area contributed by atoms with Crippen LogP contribution in [-0.4, -0.2) is 35.0 Å². The van der Waals surface area contributed by atoms with Gasteiger partial charge in [-0.3, -0.25) is 9.59 Å². The minimum Gasteiger partial charge on any atom is -0.486 e. The molecule has 3 N–H and O–H groups in total. The molecule has 8 nitrogen and oxygen atoms in total. The summed E-state index contributed by atoms with van der Waals surface area (Å²) in [4.78, 5) is 33.0. The zero-order chi connectivity index (χ0) is 22.9. The number of benzene rings is 3. The number of ether oxygens (including phenoxy) is 2. The molecule has 0 spiro atoms. The fraction of sp³-hybridized carbons (Fsp3) is 0.160. The van der Waals surface area contributed by atoms with Gasteiger partial charge < -0.3 is 25.1 Å². The monoisotopic (exact) mass is 442 g/mol. The van der Waals surface area contributed by atoms with E-state index in [0.717, 1.165) is 22.2 Å². The summed E-state index contributed by atoms with van der Waals surface area (Å²) in [6, 6.07) is 16.2. The predicted molar refractivity (Wildman–Crippen MR) is 125 cm³/mol. The topological polar surface area (TPSA) is 105 Å². The molecule has 2 heterocycles. The van der Waals surface area contributed by atoms with E-state index >= 15 is 0 Å². The third-order valence-corrected chi connectivity index (χ3v) is 5.40. The van der Waals surface area contributed by atoms with Crippen molar-refractivity contribution in [3.8, 4) is 11.5 Å². The fourth-order valence-corrected chi connectivity index (χ4v) is 3.63. The van der Waals surface area contributed by atoms with Gasteiger partial charge in [-0.25, -0.2) is 4.98 Å². The van der Waals surface area contributed by atoms with Crippen LogP contribution in [0.25, 0.3) is 11.0 Å². The van der Waals surface area contributed by atoms with Crippen LogP contribution in [0.3, 0.4) is 0 Å². The summed E-state index contributed by atoms with van der Waals surface area (Å²) >= 11 is 0. The summed E-state index contributed by atoms with van der Waals surface area (Å²) in [5.74, 6) is 0.745. The van der Waals surface area contributed by atoms with Gasteiger partial charge >= 0.3 is 0 Å². The predicted octanol–water partition coefficient (Wildman–Crippen LogP) is 4.46. The smallest absolute Gasteiger partial charge is 0.291 e. The Kier molecular flexibility index (Phi) is 5.18. The second-order valence-corrected chi connectivity index (χ2v) is 7.90. The second-order valence-electron chi connectivity index (χ2n) is 7.90. The molecule has 1 aliphatic rings. The molecule has 0 bridgehead atoms. The Morgan fingerprint density at radius 2 is 1.70 bits per heavy atom. The van der Waals surface area contributed by atoms with Crippen molar-refractivity contribution in [3.05, 3.63) is 77.1 Å². The van der Waals surface area contributed by atoms with Crippen LogP contribution in [0.15, 0.2) is 54.6 Å². The first-order chi connectivity index (χ1) is 16.0. The molecule has 4 aromatic rings. The Morgan fingerprint density at radius 3 is 2.55 bits per heavy atom. The number of aromatic nitrogens is 2. The summed E-state index contributed by atoms with van der Waals surface area (Å²) in [7, 11) is 0. The average molecular weight is 442 g/mol. The highest BCUT2D eigenvalue weighted by Crippen LogP contribution is 2.31. The van der Waals surface area contributed by atoms with Crippen LogP contribution in [0.1, 0.15) is 32.1 Å². The normalized spacial score (nSPS) is 12.4. The van der Waals surface area contributed by atoms with Crippen molar-refractivity contribution in [3.63, 3.8) is 0 Å². The standard InChI is InChI=1S/C25H22N4O4/c1-14-3-7-18-20(11-14)28-23(27-18)25(31)29-19-13-17(6-4-15(19)2)26-24(30)16-5-8-21-22(12-16)33-10-9-32-21/h3-8,11-13H,9-10H2,1-2H3,(H,26,30)(H,27,28)(H,29,31). The molecular formula is C25H22N4O4. The van der Waals surface area contributed by atoms with Crippen LogP contribution in [0.5, 0.6) is 11.5 Å². The van der Waals surface area contributed by atoms with Crippen LogP contribution in [-0.2, 0) is 0 Å². The number of nitrogens with one attached hydrogen (secondary N) is 3. The number of fused-ring (bicyclic) bond motifs is 2. The number of imidazole rings is 1. The molecule has 3 aromatic carbocycles. The number of nitrogens with zero attached hydrogens (tertiary/aromatic N) is 1. The van der Waals surface area contributed by atoms with Crippen LogP contribution in [0, 0.1) is 13.8 Å². The summed E-state index contributed by atoms with van der Waals surface area (Å²) in [5, 5.41) is 5.74. The van der Waals surface area contributed by atoms with Crippen molar-refractivity contribution in [2.45, 2.75) is 13.8 Å². The van der Waals surface area contributed by atoms with Gasteiger partial charge in [0.1, 0.15) is 13.2 Å². The lowest BCUT2D eigenvalue weighted by molar-refractivity contribution is 0.101. The lowest BCUT2D eigenvalue weighted by atomic mass is 10.1. The number of H-pyrrole nitrogens is 1. The van der Waals surface area contributed by atoms with Crippen molar-refractivity contribution in [2.24, 2.45) is 0 Å². The van der Waals surface area contributed by atoms with Gasteiger partial charge in [0, 0.05) is 16.9 Å². The molecule has 8 heteroatoms. The number of anilines is 2. The number of rotatable bonds is 4. The number of carbonyl (C=O) groups excluding carboxylic acids is 2. The van der Waals surface area contributed by atoms with Gasteiger partial charge in [0.25, 0.3) is 11.8 Å². The molecule has 0 saturated heterocycles. The van der Waals surface area contributed by atoms with E-state index in [0.29, 0.717) is 41.7 Å². The highest BCUT2D eigenvalue weighted by atomic mass is 16.6. The maximum atomic E-state index is 12.8. The molecule has 0 aliphatic carbocycles. The van der Waals surface area contributed by atoms with E-state index in [1.165, 1.54) is 0 Å². The fourth-order valence-electron chi connectivity index (χ4n) is 3.63. The van der Waals surface area contributed by atoms with Gasteiger partial charge in [-0.1, -0.05) is 12.1 Å². The highest BCUT2D eigenvalue weighted by molar-refractivity contribution is 6.06. The average Bonchev–Trinajstić information content (AvgIpc) is 3.24. The van der Waals surface area contributed by atoms with Crippen molar-refractivity contribution in [2.75, 3.05) is 23.8 Å². The van der Waals surface area contributed by atoms with Crippen molar-refractivity contribution >= 4 is 34.2 Å². The molecule has 0 atom stereocenters. The minimum absolute atomic E-state index is 0.223. The van der Waals surface area contributed by atoms with Gasteiger partial charge in [-0.2, -0.15) is 0 Å². The van der Waals surface area contributed by atoms with Crippen molar-refractivity contribution in [1.82, 2.24) is 9.97 Å². The van der Waals surface area contributed by atoms with Gasteiger partial charge in [-0.15, -0.1) is 0 Å². The number of amides is 2. The van der Waals surface area contributed by atoms with Gasteiger partial charge in [0.2, 0.25) is 0 Å². The zero-order valence-corrected chi connectivity index (χ0v) is 18.2. The summed E-state index contributed by atoms with van der Waals surface area (Å²) < 4.78 is 11.1. The molecule has 1 aromatic heterocycles. The number of carbonyl (C=O) groups is 2. The second kappa shape index (κ2) is 8.31. The summed E-state index contributed by atoms with van der Waals surface area (Å²) in [6.07, 6.45) is 0. The third-order valence-electron chi connectivity index (χ3n) is 5.40. The largest absolute Gasteiger partial charge is 0.486 e. The quantitative estimate of drug-likeness (QED) is 0.433. The Bertz CT molecular complexity index is 1390. The van der Waals surface area contributed by atoms with Crippen LogP contribution >= 0.6 is 0 Å². The van der Waals surface area contributed by atoms with Crippen molar-refractivity contribution < 1.29 is 19.1 Å². The molecule has 166 valence electrons. The maximum Gasteiger partial charge on any atom is 0.291 e. The lowest BCUT2D eigenvalue weighted by Crippen LogP contribution is -2.17. The first-order valence-electron chi connectivity index (χ1n) is 10.6. The van der Waals surface area contributed by atoms with Gasteiger partial charge in [0.15, 0.2) is 17.3 Å². The Labute approximate surface area is 189 Å². The van der Waals surface area contributed by atoms with Gasteiger partial charge in [-0.05, 0) is 67.4 Å². The zero-order valence-electron chi connectivity index (χ0n) is 18.2. The molecule has 33 heavy (non-hydrogen) atoms. The Hall–Kier alpha value is -4.33. The third kappa shape index (κ3) is 4.23. The molecule has 5 rings (SSSR count). The first-order valence-corrected chi connectivity index (χ1v) is 10.6. The van der Waals surface area contributed by atoms with Crippen molar-refractivity contribution in [1.29, 1.82) is 0 Å². The van der Waals surface area contributed by atoms with Gasteiger partial charge in [0.05, 0.1) is 11.0 Å². The number of aromatic amines is 1. The molecule has 0 fully saturated rings. The molecule has 0 saturated carbocycles. The SMILES string of the molecule is Cc1ccc2nc(C(=O)Nc3cc(NC(=O)c4ccc5c(c4)OCCO5)ccc3C)[nH]c2c1. The maximum absolute atomic E-state index is 12.8. The van der Waals surface area contributed by atoms with E-state index in [4.69, 9.17) is 9.47 Å². The number of hydrogen-bond donors (Lipinski definition) is 3. The van der Waals surface area contributed by atoms with Crippen LogP contribution < -0.4 is 20.1 Å². The summed E-state index contributed by atoms with van der Waals surface area (Å²) in [6.45, 7) is 4.80. The molecular weight excluding hydrogens is 420 g/mol. The molecule has 2 amide bonds. The van der Waals surface area contributed by atoms with E-state index in [1.54, 1.807) is 30.3 Å². The molecule has 1 aliphatic heterocycles. The highest BCUT2D eigenvalue weighted by Gasteiger charge is 2.17. The van der Waals surface area contributed by atoms with E-state index < -0.39 is 0 Å². The molecule has 0 radical (unpaired) electrons. The number of hydrogen-bond acceptors (Lipinski definition) is 5.